The zero-order valence-electron chi connectivity index (χ0n) is 11.2. The molecule has 2 heterocycles. The summed E-state index contributed by atoms with van der Waals surface area (Å²) in [5.41, 5.74) is 0.655. The Morgan fingerprint density at radius 2 is 2.23 bits per heavy atom. The fourth-order valence-electron chi connectivity index (χ4n) is 1.66. The molecule has 0 spiro atoms. The van der Waals surface area contributed by atoms with Gasteiger partial charge >= 0.3 is 0 Å². The lowest BCUT2D eigenvalue weighted by molar-refractivity contribution is -0.113. The SMILES string of the molecule is O=C(CSc1nnc(-c2cccs2)o1)Nc1cccc(Cl)c1. The van der Waals surface area contributed by atoms with E-state index in [9.17, 15) is 4.79 Å². The van der Waals surface area contributed by atoms with Gasteiger partial charge in [-0.25, -0.2) is 0 Å². The van der Waals surface area contributed by atoms with Crippen LogP contribution in [0.25, 0.3) is 10.8 Å². The first-order valence-corrected chi connectivity index (χ1v) is 8.50. The van der Waals surface area contributed by atoms with Gasteiger partial charge in [0.15, 0.2) is 0 Å². The molecule has 22 heavy (non-hydrogen) atoms. The first kappa shape index (κ1) is 15.1. The molecule has 8 heteroatoms. The molecule has 3 rings (SSSR count). The minimum Gasteiger partial charge on any atom is -0.410 e. The van der Waals surface area contributed by atoms with Gasteiger partial charge in [0.2, 0.25) is 5.91 Å². The Bertz CT molecular complexity index is 774. The van der Waals surface area contributed by atoms with E-state index in [4.69, 9.17) is 16.0 Å². The van der Waals surface area contributed by atoms with Crippen LogP contribution in [-0.2, 0) is 4.79 Å². The van der Waals surface area contributed by atoms with Gasteiger partial charge in [-0.15, -0.1) is 21.5 Å². The Hall–Kier alpha value is -1.83. The van der Waals surface area contributed by atoms with Gasteiger partial charge in [0.25, 0.3) is 11.1 Å². The van der Waals surface area contributed by atoms with E-state index in [0.717, 1.165) is 4.88 Å². The van der Waals surface area contributed by atoms with Crippen molar-refractivity contribution >= 4 is 46.3 Å². The van der Waals surface area contributed by atoms with Crippen molar-refractivity contribution in [1.82, 2.24) is 10.2 Å². The molecule has 0 unspecified atom stereocenters. The monoisotopic (exact) mass is 351 g/mol. The zero-order chi connectivity index (χ0) is 15.4. The molecule has 0 aliphatic rings. The molecule has 0 aliphatic carbocycles. The van der Waals surface area contributed by atoms with Crippen LogP contribution < -0.4 is 5.32 Å². The van der Waals surface area contributed by atoms with Crippen molar-refractivity contribution in [1.29, 1.82) is 0 Å². The number of anilines is 1. The van der Waals surface area contributed by atoms with Crippen LogP contribution in [-0.4, -0.2) is 21.9 Å². The minimum absolute atomic E-state index is 0.164. The fourth-order valence-corrected chi connectivity index (χ4v) is 3.06. The molecule has 3 aromatic rings. The minimum atomic E-state index is -0.164. The molecule has 112 valence electrons. The normalized spacial score (nSPS) is 10.6. The summed E-state index contributed by atoms with van der Waals surface area (Å²) in [6.45, 7) is 0. The summed E-state index contributed by atoms with van der Waals surface area (Å²) in [6, 6.07) is 10.8. The van der Waals surface area contributed by atoms with E-state index in [0.29, 0.717) is 21.8 Å². The van der Waals surface area contributed by atoms with Gasteiger partial charge in [-0.05, 0) is 29.6 Å². The lowest BCUT2D eigenvalue weighted by atomic mass is 10.3. The van der Waals surface area contributed by atoms with Crippen molar-refractivity contribution in [3.63, 3.8) is 0 Å². The van der Waals surface area contributed by atoms with Gasteiger partial charge in [0.1, 0.15) is 0 Å². The largest absolute Gasteiger partial charge is 0.410 e. The summed E-state index contributed by atoms with van der Waals surface area (Å²) < 4.78 is 5.50. The molecular formula is C14H10ClN3O2S2. The van der Waals surface area contributed by atoms with Crippen LogP contribution >= 0.6 is 34.7 Å². The van der Waals surface area contributed by atoms with E-state index in [1.807, 2.05) is 17.5 Å². The van der Waals surface area contributed by atoms with Crippen molar-refractivity contribution in [2.75, 3.05) is 11.1 Å². The molecule has 0 bridgehead atoms. The predicted octanol–water partition coefficient (Wildman–Crippen LogP) is 4.18. The quantitative estimate of drug-likeness (QED) is 0.698. The third-order valence-corrected chi connectivity index (χ3v) is 4.48. The van der Waals surface area contributed by atoms with Crippen LogP contribution in [0.2, 0.25) is 5.02 Å². The third-order valence-electron chi connectivity index (χ3n) is 2.57. The maximum Gasteiger partial charge on any atom is 0.277 e. The predicted molar refractivity (Wildman–Crippen MR) is 88.4 cm³/mol. The number of rotatable bonds is 5. The second-order valence-electron chi connectivity index (χ2n) is 4.20. The Labute approximate surface area is 139 Å². The number of thiophene rings is 1. The highest BCUT2D eigenvalue weighted by molar-refractivity contribution is 7.99. The summed E-state index contributed by atoms with van der Waals surface area (Å²) in [6.07, 6.45) is 0. The number of benzene rings is 1. The first-order valence-electron chi connectivity index (χ1n) is 6.26. The van der Waals surface area contributed by atoms with Crippen molar-refractivity contribution < 1.29 is 9.21 Å². The molecule has 5 nitrogen and oxygen atoms in total. The standard InChI is InChI=1S/C14H10ClN3O2S2/c15-9-3-1-4-10(7-9)16-12(19)8-22-14-18-17-13(20-14)11-5-2-6-21-11/h1-7H,8H2,(H,16,19). The van der Waals surface area contributed by atoms with Gasteiger partial charge in [0.05, 0.1) is 10.6 Å². The molecule has 0 atom stereocenters. The zero-order valence-corrected chi connectivity index (χ0v) is 13.5. The number of carbonyl (C=O) groups is 1. The average Bonchev–Trinajstić information content (AvgIpc) is 3.16. The highest BCUT2D eigenvalue weighted by Crippen LogP contribution is 2.26. The van der Waals surface area contributed by atoms with Crippen LogP contribution in [0.3, 0.4) is 0 Å². The second-order valence-corrected chi connectivity index (χ2v) is 6.51. The summed E-state index contributed by atoms with van der Waals surface area (Å²) >= 11 is 8.57. The molecule has 0 radical (unpaired) electrons. The highest BCUT2D eigenvalue weighted by Gasteiger charge is 2.12. The Kier molecular flexibility index (Phi) is 4.77. The second kappa shape index (κ2) is 6.95. The maximum atomic E-state index is 11.9. The molecule has 0 aliphatic heterocycles. The molecule has 1 amide bonds. The first-order chi connectivity index (χ1) is 10.7. The van der Waals surface area contributed by atoms with Crippen molar-refractivity contribution in [3.05, 3.63) is 46.8 Å². The van der Waals surface area contributed by atoms with Gasteiger partial charge < -0.3 is 9.73 Å². The lowest BCUT2D eigenvalue weighted by Gasteiger charge is -2.03. The van der Waals surface area contributed by atoms with Crippen molar-refractivity contribution in [2.24, 2.45) is 0 Å². The number of aromatic nitrogens is 2. The third kappa shape index (κ3) is 3.88. The van der Waals surface area contributed by atoms with E-state index >= 15 is 0 Å². The lowest BCUT2D eigenvalue weighted by Crippen LogP contribution is -2.13. The van der Waals surface area contributed by atoms with E-state index in [2.05, 4.69) is 15.5 Å². The van der Waals surface area contributed by atoms with Crippen LogP contribution in [0.5, 0.6) is 0 Å². The van der Waals surface area contributed by atoms with E-state index in [-0.39, 0.29) is 11.7 Å². The van der Waals surface area contributed by atoms with Gasteiger partial charge in [-0.1, -0.05) is 35.5 Å². The maximum absolute atomic E-state index is 11.9. The van der Waals surface area contributed by atoms with Crippen LogP contribution in [0.4, 0.5) is 5.69 Å². The number of thioether (sulfide) groups is 1. The number of nitrogens with one attached hydrogen (secondary N) is 1. The molecule has 0 saturated carbocycles. The Morgan fingerprint density at radius 3 is 3.00 bits per heavy atom. The van der Waals surface area contributed by atoms with Crippen LogP contribution in [0.15, 0.2) is 51.4 Å². The average molecular weight is 352 g/mol. The van der Waals surface area contributed by atoms with E-state index < -0.39 is 0 Å². The van der Waals surface area contributed by atoms with Crippen molar-refractivity contribution in [3.8, 4) is 10.8 Å². The number of hydrogen-bond acceptors (Lipinski definition) is 6. The van der Waals surface area contributed by atoms with Gasteiger partial charge in [-0.2, -0.15) is 0 Å². The molecule has 1 N–H and O–H groups in total. The van der Waals surface area contributed by atoms with Gasteiger partial charge in [-0.3, -0.25) is 4.79 Å². The number of carbonyl (C=O) groups excluding carboxylic acids is 1. The smallest absolute Gasteiger partial charge is 0.277 e. The van der Waals surface area contributed by atoms with Crippen LogP contribution in [0, 0.1) is 0 Å². The number of amides is 1. The Morgan fingerprint density at radius 1 is 1.32 bits per heavy atom. The van der Waals surface area contributed by atoms with E-state index in [1.165, 1.54) is 23.1 Å². The number of nitrogens with zero attached hydrogens (tertiary/aromatic N) is 2. The molecule has 1 aromatic carbocycles. The van der Waals surface area contributed by atoms with E-state index in [1.54, 1.807) is 24.3 Å². The summed E-state index contributed by atoms with van der Waals surface area (Å²) in [5.74, 6) is 0.481. The molecule has 0 fully saturated rings. The number of hydrogen-bond donors (Lipinski definition) is 1. The molecule has 2 aromatic heterocycles. The Balaban J connectivity index is 1.55. The summed E-state index contributed by atoms with van der Waals surface area (Å²) in [7, 11) is 0. The summed E-state index contributed by atoms with van der Waals surface area (Å²) in [4.78, 5) is 12.8. The van der Waals surface area contributed by atoms with Crippen molar-refractivity contribution in [2.45, 2.75) is 5.22 Å². The molecular weight excluding hydrogens is 342 g/mol. The van der Waals surface area contributed by atoms with Gasteiger partial charge in [0, 0.05) is 10.7 Å². The summed E-state index contributed by atoms with van der Waals surface area (Å²) in [5, 5.41) is 13.5. The highest BCUT2D eigenvalue weighted by atomic mass is 35.5. The topological polar surface area (TPSA) is 68.0 Å². The fraction of sp³-hybridized carbons (Fsp3) is 0.0714. The van der Waals surface area contributed by atoms with Crippen LogP contribution in [0.1, 0.15) is 0 Å². The number of halogens is 1. The molecule has 0 saturated heterocycles.